The fourth-order valence-electron chi connectivity index (χ4n) is 2.04. The first-order chi connectivity index (χ1) is 11.6. The van der Waals surface area contributed by atoms with E-state index in [0.717, 1.165) is 5.56 Å². The minimum absolute atomic E-state index is 0.0891. The molecule has 0 aromatic heterocycles. The predicted octanol–water partition coefficient (Wildman–Crippen LogP) is 3.64. The van der Waals surface area contributed by atoms with Crippen LogP contribution in [-0.2, 0) is 16.1 Å². The van der Waals surface area contributed by atoms with Crippen molar-refractivity contribution in [3.8, 4) is 5.75 Å². The molecular weight excluding hydrogens is 306 g/mol. The molecule has 24 heavy (non-hydrogen) atoms. The van der Waals surface area contributed by atoms with Crippen molar-refractivity contribution in [3.05, 3.63) is 66.2 Å². The summed E-state index contributed by atoms with van der Waals surface area (Å²) in [4.78, 5) is 25.4. The number of hydrogen-bond acceptors (Lipinski definition) is 4. The van der Waals surface area contributed by atoms with Gasteiger partial charge in [-0.05, 0) is 24.6 Å². The van der Waals surface area contributed by atoms with E-state index in [1.54, 1.807) is 38.2 Å². The van der Waals surface area contributed by atoms with E-state index in [1.807, 2.05) is 36.4 Å². The summed E-state index contributed by atoms with van der Waals surface area (Å²) in [7, 11) is 1.60. The lowest BCUT2D eigenvalue weighted by molar-refractivity contribution is -0.135. The van der Waals surface area contributed by atoms with Crippen LogP contribution < -0.4 is 4.74 Å². The van der Waals surface area contributed by atoms with Crippen LogP contribution in [0.1, 0.15) is 18.9 Å². The normalized spacial score (nSPS) is 11.4. The van der Waals surface area contributed by atoms with Crippen molar-refractivity contribution in [2.24, 2.45) is 0 Å². The predicted molar refractivity (Wildman–Crippen MR) is 90.5 cm³/mol. The monoisotopic (exact) mass is 327 g/mol. The number of carbonyl (C=O) groups is 2. The molecule has 0 aliphatic rings. The lowest BCUT2D eigenvalue weighted by atomic mass is 10.2. The average molecular weight is 327 g/mol. The summed E-state index contributed by atoms with van der Waals surface area (Å²) >= 11 is 0. The molecule has 5 nitrogen and oxygen atoms in total. The molecule has 0 radical (unpaired) electrons. The standard InChI is InChI=1S/C19H21NO4/c1-15(13-18(21)24-17-11-7-4-8-12-17)20(2)19(22)23-14-16-9-5-3-6-10-16/h3-12,15H,13-14H2,1-2H3/t15-/m0/s1. The number of amides is 1. The molecule has 1 amide bonds. The topological polar surface area (TPSA) is 55.8 Å². The summed E-state index contributed by atoms with van der Waals surface area (Å²) in [6, 6.07) is 17.9. The maximum Gasteiger partial charge on any atom is 0.410 e. The van der Waals surface area contributed by atoms with Gasteiger partial charge in [-0.3, -0.25) is 4.79 Å². The van der Waals surface area contributed by atoms with Crippen LogP contribution in [-0.4, -0.2) is 30.1 Å². The fraction of sp³-hybridized carbons (Fsp3) is 0.263. The molecule has 0 saturated heterocycles. The Morgan fingerprint density at radius 3 is 2.21 bits per heavy atom. The zero-order chi connectivity index (χ0) is 17.4. The summed E-state index contributed by atoms with van der Waals surface area (Å²) in [6.07, 6.45) is -0.384. The SMILES string of the molecule is C[C@@H](CC(=O)Oc1ccccc1)N(C)C(=O)OCc1ccccc1. The van der Waals surface area contributed by atoms with Gasteiger partial charge in [0.1, 0.15) is 12.4 Å². The average Bonchev–Trinajstić information content (AvgIpc) is 2.60. The van der Waals surface area contributed by atoms with Crippen LogP contribution in [0.15, 0.2) is 60.7 Å². The number of ether oxygens (including phenoxy) is 2. The van der Waals surface area contributed by atoms with Gasteiger partial charge in [-0.2, -0.15) is 0 Å². The van der Waals surface area contributed by atoms with E-state index in [-0.39, 0.29) is 19.1 Å². The van der Waals surface area contributed by atoms with Gasteiger partial charge in [0, 0.05) is 13.1 Å². The Balaban J connectivity index is 1.79. The van der Waals surface area contributed by atoms with E-state index in [1.165, 1.54) is 4.90 Å². The van der Waals surface area contributed by atoms with Crippen LogP contribution in [0.3, 0.4) is 0 Å². The van der Waals surface area contributed by atoms with Crippen molar-refractivity contribution in [2.45, 2.75) is 26.0 Å². The second kappa shape index (κ2) is 8.72. The molecule has 0 spiro atoms. The smallest absolute Gasteiger partial charge is 0.410 e. The Bertz CT molecular complexity index is 658. The van der Waals surface area contributed by atoms with Crippen LogP contribution in [0.2, 0.25) is 0 Å². The van der Waals surface area contributed by atoms with Crippen molar-refractivity contribution >= 4 is 12.1 Å². The summed E-state index contributed by atoms with van der Waals surface area (Å²) in [5, 5.41) is 0. The number of hydrogen-bond donors (Lipinski definition) is 0. The van der Waals surface area contributed by atoms with Crippen molar-refractivity contribution in [2.75, 3.05) is 7.05 Å². The third kappa shape index (κ3) is 5.43. The first kappa shape index (κ1) is 17.5. The van der Waals surface area contributed by atoms with Crippen LogP contribution in [0, 0.1) is 0 Å². The maximum absolute atomic E-state index is 12.0. The molecule has 0 aliphatic carbocycles. The quantitative estimate of drug-likeness (QED) is 0.600. The van der Waals surface area contributed by atoms with Gasteiger partial charge in [0.2, 0.25) is 0 Å². The Kier molecular flexibility index (Phi) is 6.37. The largest absolute Gasteiger partial charge is 0.445 e. The number of esters is 1. The maximum atomic E-state index is 12.0. The summed E-state index contributed by atoms with van der Waals surface area (Å²) in [6.45, 7) is 1.97. The van der Waals surface area contributed by atoms with Gasteiger partial charge in [-0.15, -0.1) is 0 Å². The van der Waals surface area contributed by atoms with Crippen LogP contribution in [0.4, 0.5) is 4.79 Å². The molecule has 0 heterocycles. The van der Waals surface area contributed by atoms with E-state index < -0.39 is 12.1 Å². The molecule has 0 N–H and O–H groups in total. The molecular formula is C19H21NO4. The highest BCUT2D eigenvalue weighted by molar-refractivity contribution is 5.74. The van der Waals surface area contributed by atoms with Crippen molar-refractivity contribution in [1.29, 1.82) is 0 Å². The van der Waals surface area contributed by atoms with E-state index in [4.69, 9.17) is 9.47 Å². The van der Waals surface area contributed by atoms with Gasteiger partial charge in [-0.1, -0.05) is 48.5 Å². The Morgan fingerprint density at radius 1 is 1.00 bits per heavy atom. The second-order valence-corrected chi connectivity index (χ2v) is 5.49. The third-order valence-electron chi connectivity index (χ3n) is 3.59. The lowest BCUT2D eigenvalue weighted by Gasteiger charge is -2.23. The van der Waals surface area contributed by atoms with Crippen LogP contribution in [0.5, 0.6) is 5.75 Å². The third-order valence-corrected chi connectivity index (χ3v) is 3.59. The molecule has 2 aromatic rings. The zero-order valence-corrected chi connectivity index (χ0v) is 13.8. The van der Waals surface area contributed by atoms with Crippen molar-refractivity contribution in [3.63, 3.8) is 0 Å². The molecule has 0 saturated carbocycles. The first-order valence-corrected chi connectivity index (χ1v) is 7.75. The van der Waals surface area contributed by atoms with Crippen LogP contribution in [0.25, 0.3) is 0 Å². The minimum Gasteiger partial charge on any atom is -0.445 e. The molecule has 2 aromatic carbocycles. The molecule has 1 atom stereocenters. The van der Waals surface area contributed by atoms with Gasteiger partial charge in [0.25, 0.3) is 0 Å². The molecule has 5 heteroatoms. The first-order valence-electron chi connectivity index (χ1n) is 7.75. The number of carbonyl (C=O) groups excluding carboxylic acids is 2. The number of benzene rings is 2. The molecule has 126 valence electrons. The molecule has 0 unspecified atom stereocenters. The highest BCUT2D eigenvalue weighted by atomic mass is 16.6. The van der Waals surface area contributed by atoms with E-state index in [0.29, 0.717) is 5.75 Å². The number of nitrogens with zero attached hydrogens (tertiary/aromatic N) is 1. The van der Waals surface area contributed by atoms with Gasteiger partial charge in [0.15, 0.2) is 0 Å². The molecule has 0 bridgehead atoms. The van der Waals surface area contributed by atoms with Gasteiger partial charge >= 0.3 is 12.1 Å². The Hall–Kier alpha value is -2.82. The van der Waals surface area contributed by atoms with Gasteiger partial charge < -0.3 is 14.4 Å². The highest BCUT2D eigenvalue weighted by Gasteiger charge is 2.21. The molecule has 0 aliphatic heterocycles. The molecule has 2 rings (SSSR count). The summed E-state index contributed by atoms with van der Waals surface area (Å²) in [5.41, 5.74) is 0.912. The zero-order valence-electron chi connectivity index (χ0n) is 13.8. The summed E-state index contributed by atoms with van der Waals surface area (Å²) in [5.74, 6) is 0.0976. The fourth-order valence-corrected chi connectivity index (χ4v) is 2.04. The lowest BCUT2D eigenvalue weighted by Crippen LogP contribution is -2.37. The van der Waals surface area contributed by atoms with E-state index >= 15 is 0 Å². The minimum atomic E-state index is -0.473. The van der Waals surface area contributed by atoms with Gasteiger partial charge in [0.05, 0.1) is 6.42 Å². The Morgan fingerprint density at radius 2 is 1.58 bits per heavy atom. The van der Waals surface area contributed by atoms with E-state index in [9.17, 15) is 9.59 Å². The van der Waals surface area contributed by atoms with Crippen molar-refractivity contribution < 1.29 is 19.1 Å². The summed E-state index contributed by atoms with van der Waals surface area (Å²) < 4.78 is 10.5. The molecule has 0 fully saturated rings. The van der Waals surface area contributed by atoms with Gasteiger partial charge in [-0.25, -0.2) is 4.79 Å². The van der Waals surface area contributed by atoms with E-state index in [2.05, 4.69) is 0 Å². The van der Waals surface area contributed by atoms with Crippen molar-refractivity contribution in [1.82, 2.24) is 4.90 Å². The van der Waals surface area contributed by atoms with Crippen LogP contribution >= 0.6 is 0 Å². The second-order valence-electron chi connectivity index (χ2n) is 5.49. The number of rotatable bonds is 6. The highest BCUT2D eigenvalue weighted by Crippen LogP contribution is 2.12. The Labute approximate surface area is 141 Å². The number of para-hydroxylation sites is 1.